The van der Waals surface area contributed by atoms with Gasteiger partial charge in [-0.25, -0.2) is 0 Å². The summed E-state index contributed by atoms with van der Waals surface area (Å²) in [5.41, 5.74) is 14.2. The van der Waals surface area contributed by atoms with Crippen molar-refractivity contribution in [1.29, 1.82) is 0 Å². The molecule has 8 aromatic carbocycles. The Labute approximate surface area is 275 Å². The average molecular weight is 603 g/mol. The smallest absolute Gasteiger partial charge is 0.106 e. The fourth-order valence-electron chi connectivity index (χ4n) is 9.13. The molecule has 0 saturated carbocycles. The molecule has 0 N–H and O–H groups in total. The van der Waals surface area contributed by atoms with Gasteiger partial charge in [0.1, 0.15) is 26.2 Å². The summed E-state index contributed by atoms with van der Waals surface area (Å²) in [6.07, 6.45) is 0. The monoisotopic (exact) mass is 602 g/mol. The van der Waals surface area contributed by atoms with Gasteiger partial charge in [-0.05, 0) is 102 Å². The zero-order chi connectivity index (χ0) is 31.3. The molecule has 47 heavy (non-hydrogen) atoms. The van der Waals surface area contributed by atoms with Crippen LogP contribution in [0.4, 0.5) is 0 Å². The molecule has 1 spiro atoms. The van der Waals surface area contributed by atoms with Gasteiger partial charge >= 0.3 is 0 Å². The fraction of sp³-hybridized carbons (Fsp3) is 0.130. The van der Waals surface area contributed by atoms with Gasteiger partial charge in [0, 0.05) is 22.3 Å². The van der Waals surface area contributed by atoms with Gasteiger partial charge in [-0.1, -0.05) is 121 Å². The number of quaternary nitrogens is 1. The van der Waals surface area contributed by atoms with Crippen molar-refractivity contribution in [2.24, 2.45) is 0 Å². The Morgan fingerprint density at radius 1 is 0.383 bits per heavy atom. The molecule has 1 heteroatoms. The van der Waals surface area contributed by atoms with E-state index in [0.29, 0.717) is 0 Å². The van der Waals surface area contributed by atoms with Crippen LogP contribution in [-0.4, -0.2) is 4.48 Å². The minimum Gasteiger partial charge on any atom is -0.309 e. The van der Waals surface area contributed by atoms with Crippen molar-refractivity contribution in [3.8, 4) is 22.3 Å². The maximum absolute atomic E-state index is 2.50. The highest BCUT2D eigenvalue weighted by molar-refractivity contribution is 6.09. The third kappa shape index (κ3) is 4.06. The molecule has 0 aliphatic carbocycles. The summed E-state index contributed by atoms with van der Waals surface area (Å²) in [4.78, 5) is 0. The van der Waals surface area contributed by atoms with E-state index >= 15 is 0 Å². The van der Waals surface area contributed by atoms with Gasteiger partial charge in [-0.15, -0.1) is 0 Å². The predicted molar refractivity (Wildman–Crippen MR) is 198 cm³/mol. The molecule has 224 valence electrons. The molecule has 0 saturated heterocycles. The van der Waals surface area contributed by atoms with Crippen molar-refractivity contribution >= 4 is 43.1 Å². The summed E-state index contributed by atoms with van der Waals surface area (Å²) >= 11 is 0. The SMILES string of the molecule is Cc1cc2ccccc2c2c1C[N+]1(Cc3ccc4cccc(c4c3)-c3cccc4ccc(cc34)C1)Cc1c(C)cc3ccccc3c1-2. The second kappa shape index (κ2) is 9.88. The number of benzene rings is 8. The molecule has 0 unspecified atom stereocenters. The molecule has 0 atom stereocenters. The summed E-state index contributed by atoms with van der Waals surface area (Å²) in [5.74, 6) is 0. The van der Waals surface area contributed by atoms with Crippen LogP contribution in [0.2, 0.25) is 0 Å². The van der Waals surface area contributed by atoms with Crippen LogP contribution in [0.15, 0.2) is 133 Å². The third-order valence-electron chi connectivity index (χ3n) is 11.2. The number of aryl methyl sites for hydroxylation is 2. The Morgan fingerprint density at radius 3 is 1.32 bits per heavy atom. The molecular weight excluding hydrogens is 567 g/mol. The standard InChI is InChI=1S/C46H36N/c1-29-21-35-9-3-5-13-37(35)45-43(29)27-47(28-44-30(2)22-36-10-4-6-14-38(36)46(44)45)25-31-17-19-33-11-7-15-39(41(33)23-31)40-16-8-12-34-20-18-32(26-47)24-42(34)40/h3-24H,25-28H2,1-2H3/q+1. The van der Waals surface area contributed by atoms with Crippen molar-refractivity contribution < 1.29 is 4.48 Å². The van der Waals surface area contributed by atoms with Crippen molar-refractivity contribution in [2.75, 3.05) is 0 Å². The number of fused-ring (bicyclic) bond motifs is 10. The summed E-state index contributed by atoms with van der Waals surface area (Å²) in [6.45, 7) is 8.59. The van der Waals surface area contributed by atoms with E-state index in [4.69, 9.17) is 0 Å². The van der Waals surface area contributed by atoms with Crippen LogP contribution in [0.25, 0.3) is 65.3 Å². The van der Waals surface area contributed by atoms with Gasteiger partial charge < -0.3 is 4.48 Å². The lowest BCUT2D eigenvalue weighted by atomic mass is 9.85. The van der Waals surface area contributed by atoms with Gasteiger partial charge in [0.05, 0.1) is 0 Å². The molecule has 4 bridgehead atoms. The fourth-order valence-corrected chi connectivity index (χ4v) is 9.13. The zero-order valence-electron chi connectivity index (χ0n) is 27.0. The molecule has 0 aromatic heterocycles. The van der Waals surface area contributed by atoms with Crippen molar-refractivity contribution in [1.82, 2.24) is 0 Å². The van der Waals surface area contributed by atoms with Gasteiger partial charge in [-0.2, -0.15) is 0 Å². The summed E-state index contributed by atoms with van der Waals surface area (Å²) < 4.78 is 0.944. The average Bonchev–Trinajstić information content (AvgIpc) is 3.24. The van der Waals surface area contributed by atoms with Crippen LogP contribution in [0, 0.1) is 13.8 Å². The van der Waals surface area contributed by atoms with Gasteiger partial charge in [0.2, 0.25) is 0 Å². The first-order valence-corrected chi connectivity index (χ1v) is 17.0. The Kier molecular flexibility index (Phi) is 5.66. The first-order chi connectivity index (χ1) is 23.0. The Balaban J connectivity index is 1.32. The van der Waals surface area contributed by atoms with E-state index in [1.165, 1.54) is 98.7 Å². The van der Waals surface area contributed by atoms with Crippen LogP contribution in [0.1, 0.15) is 33.4 Å². The lowest BCUT2D eigenvalue weighted by Crippen LogP contribution is -2.45. The summed E-state index contributed by atoms with van der Waals surface area (Å²) in [5, 5.41) is 10.7. The van der Waals surface area contributed by atoms with Crippen LogP contribution in [0.3, 0.4) is 0 Å². The van der Waals surface area contributed by atoms with Crippen molar-refractivity contribution in [2.45, 2.75) is 40.0 Å². The van der Waals surface area contributed by atoms with Crippen LogP contribution in [0.5, 0.6) is 0 Å². The van der Waals surface area contributed by atoms with E-state index in [2.05, 4.69) is 147 Å². The van der Waals surface area contributed by atoms with E-state index in [-0.39, 0.29) is 0 Å². The molecule has 1 nitrogen and oxygen atoms in total. The molecule has 2 aliphatic heterocycles. The normalized spacial score (nSPS) is 14.9. The predicted octanol–water partition coefficient (Wildman–Crippen LogP) is 11.8. The summed E-state index contributed by atoms with van der Waals surface area (Å²) in [6, 6.07) is 51.1. The maximum Gasteiger partial charge on any atom is 0.106 e. The number of hydrogen-bond donors (Lipinski definition) is 0. The van der Waals surface area contributed by atoms with Crippen LogP contribution >= 0.6 is 0 Å². The molecular formula is C46H36N+. The largest absolute Gasteiger partial charge is 0.309 e. The van der Waals surface area contributed by atoms with E-state index in [1.54, 1.807) is 0 Å². The molecule has 8 aromatic rings. The van der Waals surface area contributed by atoms with Gasteiger partial charge in [0.25, 0.3) is 0 Å². The Hall–Kier alpha value is -5.24. The van der Waals surface area contributed by atoms with Gasteiger partial charge in [0.15, 0.2) is 0 Å². The molecule has 10 rings (SSSR count). The van der Waals surface area contributed by atoms with Gasteiger partial charge in [-0.3, -0.25) is 0 Å². The highest BCUT2D eigenvalue weighted by Crippen LogP contribution is 2.48. The van der Waals surface area contributed by atoms with Crippen LogP contribution < -0.4 is 0 Å². The molecule has 2 heterocycles. The zero-order valence-corrected chi connectivity index (χ0v) is 27.0. The lowest BCUT2D eigenvalue weighted by Gasteiger charge is -2.39. The third-order valence-corrected chi connectivity index (χ3v) is 11.2. The quantitative estimate of drug-likeness (QED) is 0.152. The molecule has 0 amide bonds. The molecule has 0 fully saturated rings. The first kappa shape index (κ1) is 26.9. The topological polar surface area (TPSA) is 0 Å². The molecule has 2 aliphatic rings. The lowest BCUT2D eigenvalue weighted by molar-refractivity contribution is -0.978. The highest BCUT2D eigenvalue weighted by atomic mass is 15.4. The Bertz CT molecular complexity index is 2420. The number of nitrogens with zero attached hydrogens (tertiary/aromatic N) is 1. The minimum absolute atomic E-state index is 0.944. The van der Waals surface area contributed by atoms with E-state index < -0.39 is 0 Å². The highest BCUT2D eigenvalue weighted by Gasteiger charge is 2.37. The second-order valence-corrected chi connectivity index (χ2v) is 14.2. The minimum atomic E-state index is 0.944. The second-order valence-electron chi connectivity index (χ2n) is 14.2. The Morgan fingerprint density at radius 2 is 0.830 bits per heavy atom. The van der Waals surface area contributed by atoms with E-state index in [0.717, 1.165) is 30.7 Å². The number of rotatable bonds is 0. The van der Waals surface area contributed by atoms with E-state index in [1.807, 2.05) is 0 Å². The van der Waals surface area contributed by atoms with E-state index in [9.17, 15) is 0 Å². The van der Waals surface area contributed by atoms with Crippen LogP contribution in [-0.2, 0) is 26.2 Å². The van der Waals surface area contributed by atoms with Crippen molar-refractivity contribution in [3.63, 3.8) is 0 Å². The maximum atomic E-state index is 2.50. The first-order valence-electron chi connectivity index (χ1n) is 17.0. The molecule has 0 radical (unpaired) electrons. The van der Waals surface area contributed by atoms with Crippen molar-refractivity contribution in [3.05, 3.63) is 167 Å². The summed E-state index contributed by atoms with van der Waals surface area (Å²) in [7, 11) is 0. The number of hydrogen-bond acceptors (Lipinski definition) is 0.